The number of benzene rings is 1. The van der Waals surface area contributed by atoms with Gasteiger partial charge in [0, 0.05) is 0 Å². The highest BCUT2D eigenvalue weighted by atomic mass is 32.2. The van der Waals surface area contributed by atoms with Crippen molar-refractivity contribution in [3.05, 3.63) is 54.1 Å². The van der Waals surface area contributed by atoms with Gasteiger partial charge in [-0.25, -0.2) is 4.99 Å². The number of hydrogen-bond donors (Lipinski definition) is 1. The topological polar surface area (TPSA) is 32.6 Å². The standard InChI is InChI=1S/C21H34O.C11H13NS.C2H6/c1-5-8-15-10-11-16-17-9-7-13-20(17,3)14-18(22)19(16)21(15,4)12-6-2;1-2-13-11-8-7-9-5-3-4-6-10(9)12-11;1-2/h5,8,16-19,22H,1,6-7,9-14H2,2-4H3;3-6H,2,7-8H2,1H3;1-2H3/b15-8-;;. The van der Waals surface area contributed by atoms with Crippen molar-refractivity contribution in [3.8, 4) is 0 Å². The first-order valence-corrected chi connectivity index (χ1v) is 16.1. The third kappa shape index (κ3) is 6.47. The fourth-order valence-electron chi connectivity index (χ4n) is 8.28. The van der Waals surface area contributed by atoms with E-state index in [0.717, 1.165) is 36.9 Å². The minimum atomic E-state index is -0.116. The molecule has 1 aromatic rings. The van der Waals surface area contributed by atoms with E-state index >= 15 is 0 Å². The maximum Gasteiger partial charge on any atom is 0.0741 e. The molecule has 3 fully saturated rings. The van der Waals surface area contributed by atoms with E-state index in [4.69, 9.17) is 0 Å². The number of aryl methyl sites for hydroxylation is 1. The van der Waals surface area contributed by atoms with Crippen molar-refractivity contribution in [2.75, 3.05) is 5.75 Å². The smallest absolute Gasteiger partial charge is 0.0741 e. The Bertz CT molecular complexity index is 951. The molecule has 0 amide bonds. The second-order valence-corrected chi connectivity index (χ2v) is 13.2. The molecule has 0 saturated heterocycles. The molecule has 1 heterocycles. The van der Waals surface area contributed by atoms with Gasteiger partial charge in [0.05, 0.1) is 16.8 Å². The number of nitrogens with zero attached hydrogens (tertiary/aromatic N) is 1. The molecule has 6 unspecified atom stereocenters. The van der Waals surface area contributed by atoms with E-state index < -0.39 is 0 Å². The Morgan fingerprint density at radius 3 is 2.57 bits per heavy atom. The molecule has 5 rings (SSSR count). The third-order valence-electron chi connectivity index (χ3n) is 9.69. The lowest BCUT2D eigenvalue weighted by Gasteiger charge is -2.58. The molecule has 3 saturated carbocycles. The van der Waals surface area contributed by atoms with Gasteiger partial charge < -0.3 is 5.11 Å². The van der Waals surface area contributed by atoms with Crippen LogP contribution in [-0.4, -0.2) is 22.0 Å². The first-order valence-electron chi connectivity index (χ1n) is 15.1. The predicted molar refractivity (Wildman–Crippen MR) is 165 cm³/mol. The van der Waals surface area contributed by atoms with Gasteiger partial charge in [-0.2, -0.15) is 0 Å². The molecule has 37 heavy (non-hydrogen) atoms. The van der Waals surface area contributed by atoms with E-state index in [0.29, 0.717) is 11.3 Å². The normalized spacial score (nSPS) is 35.0. The van der Waals surface area contributed by atoms with E-state index in [-0.39, 0.29) is 11.5 Å². The Morgan fingerprint density at radius 2 is 1.86 bits per heavy atom. The molecule has 0 bridgehead atoms. The molecule has 206 valence electrons. The first kappa shape index (κ1) is 30.2. The molecule has 0 spiro atoms. The molecular weight excluding hydrogens is 470 g/mol. The quantitative estimate of drug-likeness (QED) is 0.426. The number of aliphatic hydroxyl groups excluding tert-OH is 1. The highest BCUT2D eigenvalue weighted by Gasteiger charge is 2.58. The number of para-hydroxylation sites is 1. The minimum absolute atomic E-state index is 0.116. The van der Waals surface area contributed by atoms with Gasteiger partial charge in [-0.1, -0.05) is 96.9 Å². The summed E-state index contributed by atoms with van der Waals surface area (Å²) in [5.41, 5.74) is 4.70. The van der Waals surface area contributed by atoms with Crippen LogP contribution in [-0.2, 0) is 6.42 Å². The van der Waals surface area contributed by atoms with Crippen LogP contribution in [0.4, 0.5) is 5.69 Å². The number of aliphatic imine (C=N–C) groups is 1. The molecule has 3 aliphatic carbocycles. The zero-order chi connectivity index (χ0) is 27.1. The average Bonchev–Trinajstić information content (AvgIpc) is 3.28. The zero-order valence-corrected chi connectivity index (χ0v) is 25.4. The molecule has 1 N–H and O–H groups in total. The summed E-state index contributed by atoms with van der Waals surface area (Å²) < 4.78 is 0. The number of thioether (sulfide) groups is 1. The lowest BCUT2D eigenvalue weighted by molar-refractivity contribution is -0.116. The largest absolute Gasteiger partial charge is 0.393 e. The lowest BCUT2D eigenvalue weighted by atomic mass is 9.47. The fourth-order valence-corrected chi connectivity index (χ4v) is 9.02. The highest BCUT2D eigenvalue weighted by Crippen LogP contribution is 2.64. The predicted octanol–water partition coefficient (Wildman–Crippen LogP) is 9.94. The lowest BCUT2D eigenvalue weighted by Crippen LogP contribution is -2.54. The van der Waals surface area contributed by atoms with Gasteiger partial charge in [0.1, 0.15) is 0 Å². The minimum Gasteiger partial charge on any atom is -0.393 e. The van der Waals surface area contributed by atoms with Crippen LogP contribution in [0.25, 0.3) is 0 Å². The second-order valence-electron chi connectivity index (χ2n) is 11.8. The fraction of sp³-hybridized carbons (Fsp3) is 0.676. The van der Waals surface area contributed by atoms with Gasteiger partial charge in [0.25, 0.3) is 0 Å². The highest BCUT2D eigenvalue weighted by molar-refractivity contribution is 8.13. The Hall–Kier alpha value is -1.32. The Labute approximate surface area is 232 Å². The van der Waals surface area contributed by atoms with Crippen molar-refractivity contribution in [2.45, 2.75) is 112 Å². The molecule has 0 aromatic heterocycles. The van der Waals surface area contributed by atoms with Gasteiger partial charge in [-0.05, 0) is 97.3 Å². The van der Waals surface area contributed by atoms with Gasteiger partial charge in [-0.3, -0.25) is 0 Å². The summed E-state index contributed by atoms with van der Waals surface area (Å²) in [6, 6.07) is 8.42. The van der Waals surface area contributed by atoms with E-state index in [9.17, 15) is 5.11 Å². The third-order valence-corrected chi connectivity index (χ3v) is 10.6. The molecule has 1 aromatic carbocycles. The van der Waals surface area contributed by atoms with Crippen molar-refractivity contribution in [1.29, 1.82) is 0 Å². The Kier molecular flexibility index (Phi) is 11.2. The molecule has 0 radical (unpaired) electrons. The van der Waals surface area contributed by atoms with E-state index in [2.05, 4.69) is 69.6 Å². The summed E-state index contributed by atoms with van der Waals surface area (Å²) in [6.07, 6.45) is 16.4. The number of aliphatic hydroxyl groups is 1. The second kappa shape index (κ2) is 13.7. The molecule has 1 aliphatic heterocycles. The van der Waals surface area contributed by atoms with E-state index in [1.54, 1.807) is 5.57 Å². The molecular formula is C34H53NOS. The van der Waals surface area contributed by atoms with Gasteiger partial charge in [0.15, 0.2) is 0 Å². The van der Waals surface area contributed by atoms with Crippen LogP contribution in [0.1, 0.15) is 105 Å². The van der Waals surface area contributed by atoms with Crippen LogP contribution in [0.2, 0.25) is 0 Å². The van der Waals surface area contributed by atoms with Crippen LogP contribution in [0.15, 0.2) is 53.6 Å². The van der Waals surface area contributed by atoms with E-state index in [1.165, 1.54) is 61.2 Å². The Morgan fingerprint density at radius 1 is 1.11 bits per heavy atom. The summed E-state index contributed by atoms with van der Waals surface area (Å²) in [5.74, 6) is 3.17. The molecule has 6 atom stereocenters. The van der Waals surface area contributed by atoms with Gasteiger partial charge in [-0.15, -0.1) is 11.8 Å². The molecule has 3 heteroatoms. The summed E-state index contributed by atoms with van der Waals surface area (Å²) in [6.45, 7) is 17.3. The van der Waals surface area contributed by atoms with Crippen LogP contribution >= 0.6 is 11.8 Å². The molecule has 4 aliphatic rings. The maximum absolute atomic E-state index is 11.1. The van der Waals surface area contributed by atoms with Gasteiger partial charge in [0.2, 0.25) is 0 Å². The number of allylic oxidation sites excluding steroid dienone is 3. The average molecular weight is 524 g/mol. The van der Waals surface area contributed by atoms with Crippen molar-refractivity contribution in [3.63, 3.8) is 0 Å². The van der Waals surface area contributed by atoms with Crippen LogP contribution in [0.3, 0.4) is 0 Å². The number of rotatable bonds is 4. The SMILES string of the molecule is C=C/C=C1/CCC2C3CCCC3(C)CC(O)C2C1(C)CCC.CC.CCSC1=Nc2ccccc2CC1. The van der Waals surface area contributed by atoms with Crippen molar-refractivity contribution >= 4 is 22.5 Å². The van der Waals surface area contributed by atoms with Crippen molar-refractivity contribution < 1.29 is 5.11 Å². The monoisotopic (exact) mass is 523 g/mol. The van der Waals surface area contributed by atoms with Crippen LogP contribution in [0.5, 0.6) is 0 Å². The van der Waals surface area contributed by atoms with Crippen molar-refractivity contribution in [2.24, 2.45) is 33.6 Å². The number of hydrogen-bond acceptors (Lipinski definition) is 3. The first-order chi connectivity index (χ1) is 17.9. The van der Waals surface area contributed by atoms with Crippen LogP contribution in [0, 0.1) is 28.6 Å². The molecule has 2 nitrogen and oxygen atoms in total. The zero-order valence-electron chi connectivity index (χ0n) is 24.6. The summed E-state index contributed by atoms with van der Waals surface area (Å²) in [5, 5.41) is 12.4. The van der Waals surface area contributed by atoms with Crippen molar-refractivity contribution in [1.82, 2.24) is 0 Å². The van der Waals surface area contributed by atoms with E-state index in [1.807, 2.05) is 31.7 Å². The number of fused-ring (bicyclic) bond motifs is 4. The summed E-state index contributed by atoms with van der Waals surface area (Å²) in [7, 11) is 0. The maximum atomic E-state index is 11.1. The Balaban J connectivity index is 0.000000216. The summed E-state index contributed by atoms with van der Waals surface area (Å²) >= 11 is 1.87. The van der Waals surface area contributed by atoms with Gasteiger partial charge >= 0.3 is 0 Å². The summed E-state index contributed by atoms with van der Waals surface area (Å²) in [4.78, 5) is 4.61. The van der Waals surface area contributed by atoms with Crippen LogP contribution < -0.4 is 0 Å².